The number of carbonyl (C=O) groups excluding carboxylic acids is 1. The number of rotatable bonds is 6. The Bertz CT molecular complexity index is 1130. The van der Waals surface area contributed by atoms with Gasteiger partial charge in [0.1, 0.15) is 0 Å². The van der Waals surface area contributed by atoms with Crippen molar-refractivity contribution in [3.63, 3.8) is 0 Å². The smallest absolute Gasteiger partial charge is 0.234 e. The highest BCUT2D eigenvalue weighted by Crippen LogP contribution is 2.21. The first-order valence-corrected chi connectivity index (χ1v) is 10.2. The fourth-order valence-electron chi connectivity index (χ4n) is 2.81. The summed E-state index contributed by atoms with van der Waals surface area (Å²) in [4.78, 5) is 16.5. The quantitative estimate of drug-likeness (QED) is 0.488. The van der Waals surface area contributed by atoms with E-state index < -0.39 is 0 Å². The summed E-state index contributed by atoms with van der Waals surface area (Å²) in [7, 11) is 0. The van der Waals surface area contributed by atoms with Crippen LogP contribution in [0.25, 0.3) is 16.9 Å². The Morgan fingerprint density at radius 1 is 1.10 bits per heavy atom. The number of anilines is 1. The molecule has 4 rings (SSSR count). The summed E-state index contributed by atoms with van der Waals surface area (Å²) in [6.45, 7) is 4.28. The van der Waals surface area contributed by atoms with E-state index in [9.17, 15) is 4.79 Å². The molecule has 0 spiro atoms. The number of nitrogens with zero attached hydrogens (tertiary/aromatic N) is 5. The van der Waals surface area contributed by atoms with Crippen LogP contribution in [0.2, 0.25) is 0 Å². The number of hydrogen-bond acceptors (Lipinski definition) is 6. The highest BCUT2D eigenvalue weighted by molar-refractivity contribution is 7.99. The molecule has 3 heterocycles. The van der Waals surface area contributed by atoms with Crippen LogP contribution in [0, 0.1) is 0 Å². The third kappa shape index (κ3) is 4.43. The Labute approximate surface area is 172 Å². The fourth-order valence-corrected chi connectivity index (χ4v) is 3.49. The van der Waals surface area contributed by atoms with E-state index in [1.54, 1.807) is 16.9 Å². The molecule has 1 N–H and O–H groups in total. The van der Waals surface area contributed by atoms with E-state index in [-0.39, 0.29) is 11.7 Å². The zero-order chi connectivity index (χ0) is 20.2. The zero-order valence-corrected chi connectivity index (χ0v) is 16.9. The molecule has 0 unspecified atom stereocenters. The average Bonchev–Trinajstić information content (AvgIpc) is 3.15. The molecule has 29 heavy (non-hydrogen) atoms. The first kappa shape index (κ1) is 19.1. The predicted molar refractivity (Wildman–Crippen MR) is 114 cm³/mol. The molecular weight excluding hydrogens is 384 g/mol. The van der Waals surface area contributed by atoms with Crippen LogP contribution in [-0.4, -0.2) is 36.5 Å². The van der Waals surface area contributed by atoms with Crippen molar-refractivity contribution >= 4 is 29.0 Å². The van der Waals surface area contributed by atoms with Gasteiger partial charge < -0.3 is 5.32 Å². The Hall–Kier alpha value is -3.26. The van der Waals surface area contributed by atoms with Crippen LogP contribution in [-0.2, 0) is 4.79 Å². The maximum atomic E-state index is 12.3. The van der Waals surface area contributed by atoms with Crippen molar-refractivity contribution in [2.24, 2.45) is 0 Å². The molecule has 1 aromatic carbocycles. The summed E-state index contributed by atoms with van der Waals surface area (Å²) in [5.41, 5.74) is 4.32. The molecule has 1 amide bonds. The molecule has 0 bridgehead atoms. The van der Waals surface area contributed by atoms with E-state index in [0.717, 1.165) is 16.9 Å². The van der Waals surface area contributed by atoms with Crippen molar-refractivity contribution in [1.29, 1.82) is 0 Å². The number of carbonyl (C=O) groups is 1. The second-order valence-corrected chi connectivity index (χ2v) is 7.77. The Morgan fingerprint density at radius 2 is 1.93 bits per heavy atom. The minimum absolute atomic E-state index is 0.104. The van der Waals surface area contributed by atoms with Crippen LogP contribution in [0.4, 0.5) is 5.69 Å². The third-order valence-electron chi connectivity index (χ3n) is 4.38. The molecule has 4 aromatic rings. The zero-order valence-electron chi connectivity index (χ0n) is 16.1. The van der Waals surface area contributed by atoms with Crippen molar-refractivity contribution in [2.75, 3.05) is 11.1 Å². The van der Waals surface area contributed by atoms with Gasteiger partial charge in [0.05, 0.1) is 11.4 Å². The third-order valence-corrected chi connectivity index (χ3v) is 5.30. The lowest BCUT2D eigenvalue weighted by molar-refractivity contribution is -0.113. The molecule has 146 valence electrons. The fraction of sp³-hybridized carbons (Fsp3) is 0.190. The van der Waals surface area contributed by atoms with Crippen molar-refractivity contribution in [3.05, 3.63) is 66.5 Å². The number of hydrogen-bond donors (Lipinski definition) is 1. The normalized spacial score (nSPS) is 11.1. The lowest BCUT2D eigenvalue weighted by atomic mass is 10.0. The van der Waals surface area contributed by atoms with Crippen molar-refractivity contribution < 1.29 is 4.79 Å². The topological polar surface area (TPSA) is 85.1 Å². The molecule has 0 fully saturated rings. The molecule has 0 aliphatic heterocycles. The SMILES string of the molecule is CC(C)c1ccc(NC(=O)CSc2nnc3ccc(-c4cccnc4)nn23)cc1. The monoisotopic (exact) mass is 404 g/mol. The second kappa shape index (κ2) is 8.40. The van der Waals surface area contributed by atoms with Crippen molar-refractivity contribution in [3.8, 4) is 11.3 Å². The standard InChI is InChI=1S/C21H20N6OS/c1-14(2)15-5-7-17(8-6-15)23-20(28)13-29-21-25-24-19-10-9-18(26-27(19)21)16-4-3-11-22-12-16/h3-12,14H,13H2,1-2H3,(H,23,28). The lowest BCUT2D eigenvalue weighted by Crippen LogP contribution is -2.14. The maximum absolute atomic E-state index is 12.3. The van der Waals surface area contributed by atoms with Gasteiger partial charge in [-0.2, -0.15) is 9.61 Å². The van der Waals surface area contributed by atoms with Gasteiger partial charge >= 0.3 is 0 Å². The minimum atomic E-state index is -0.104. The number of thioether (sulfide) groups is 1. The first-order chi connectivity index (χ1) is 14.1. The van der Waals surface area contributed by atoms with E-state index in [2.05, 4.69) is 39.4 Å². The lowest BCUT2D eigenvalue weighted by Gasteiger charge is -2.08. The number of pyridine rings is 1. The van der Waals surface area contributed by atoms with Crippen LogP contribution in [0.5, 0.6) is 0 Å². The molecule has 8 heteroatoms. The maximum Gasteiger partial charge on any atom is 0.234 e. The number of nitrogens with one attached hydrogen (secondary N) is 1. The highest BCUT2D eigenvalue weighted by Gasteiger charge is 2.12. The Balaban J connectivity index is 1.44. The molecule has 0 aliphatic rings. The van der Waals surface area contributed by atoms with E-state index in [1.807, 2.05) is 48.5 Å². The van der Waals surface area contributed by atoms with Gasteiger partial charge in [-0.25, -0.2) is 0 Å². The molecule has 0 radical (unpaired) electrons. The van der Waals surface area contributed by atoms with E-state index in [1.165, 1.54) is 17.3 Å². The van der Waals surface area contributed by atoms with Gasteiger partial charge in [0.25, 0.3) is 0 Å². The molecular formula is C21H20N6OS. The van der Waals surface area contributed by atoms with Gasteiger partial charge in [0, 0.05) is 23.6 Å². The van der Waals surface area contributed by atoms with Crippen LogP contribution in [0.3, 0.4) is 0 Å². The van der Waals surface area contributed by atoms with E-state index in [0.29, 0.717) is 16.7 Å². The average molecular weight is 404 g/mol. The van der Waals surface area contributed by atoms with E-state index >= 15 is 0 Å². The van der Waals surface area contributed by atoms with Gasteiger partial charge in [-0.05, 0) is 47.9 Å². The molecule has 0 saturated carbocycles. The highest BCUT2D eigenvalue weighted by atomic mass is 32.2. The molecule has 0 atom stereocenters. The number of amides is 1. The molecule has 7 nitrogen and oxygen atoms in total. The summed E-state index contributed by atoms with van der Waals surface area (Å²) in [5, 5.41) is 16.4. The predicted octanol–water partition coefficient (Wildman–Crippen LogP) is 4.04. The molecule has 0 aliphatic carbocycles. The summed E-state index contributed by atoms with van der Waals surface area (Å²) in [6, 6.07) is 15.4. The largest absolute Gasteiger partial charge is 0.325 e. The first-order valence-electron chi connectivity index (χ1n) is 9.25. The van der Waals surface area contributed by atoms with E-state index in [4.69, 9.17) is 0 Å². The Morgan fingerprint density at radius 3 is 2.66 bits per heavy atom. The number of benzene rings is 1. The second-order valence-electron chi connectivity index (χ2n) is 6.83. The van der Waals surface area contributed by atoms with Crippen LogP contribution >= 0.6 is 11.8 Å². The van der Waals surface area contributed by atoms with Gasteiger partial charge in [-0.1, -0.05) is 37.7 Å². The van der Waals surface area contributed by atoms with Gasteiger partial charge in [0.2, 0.25) is 11.1 Å². The van der Waals surface area contributed by atoms with Crippen LogP contribution in [0.15, 0.2) is 66.1 Å². The van der Waals surface area contributed by atoms with Crippen LogP contribution < -0.4 is 5.32 Å². The summed E-state index contributed by atoms with van der Waals surface area (Å²) >= 11 is 1.30. The summed E-state index contributed by atoms with van der Waals surface area (Å²) < 4.78 is 1.65. The summed E-state index contributed by atoms with van der Waals surface area (Å²) in [5.74, 6) is 0.568. The molecule has 0 saturated heterocycles. The van der Waals surface area contributed by atoms with Gasteiger partial charge in [-0.15, -0.1) is 10.2 Å². The van der Waals surface area contributed by atoms with Gasteiger partial charge in [-0.3, -0.25) is 9.78 Å². The van der Waals surface area contributed by atoms with Crippen molar-refractivity contribution in [1.82, 2.24) is 24.8 Å². The van der Waals surface area contributed by atoms with Crippen LogP contribution in [0.1, 0.15) is 25.3 Å². The number of aromatic nitrogens is 5. The Kier molecular flexibility index (Phi) is 5.53. The molecule has 3 aromatic heterocycles. The van der Waals surface area contributed by atoms with Crippen molar-refractivity contribution in [2.45, 2.75) is 24.9 Å². The summed E-state index contributed by atoms with van der Waals surface area (Å²) in [6.07, 6.45) is 3.47. The number of fused-ring (bicyclic) bond motifs is 1. The van der Waals surface area contributed by atoms with Gasteiger partial charge in [0.15, 0.2) is 5.65 Å². The minimum Gasteiger partial charge on any atom is -0.325 e.